The van der Waals surface area contributed by atoms with Crippen molar-refractivity contribution in [3.05, 3.63) is 54.1 Å². The van der Waals surface area contributed by atoms with Crippen molar-refractivity contribution in [2.45, 2.75) is 31.2 Å². The van der Waals surface area contributed by atoms with Gasteiger partial charge in [0.05, 0.1) is 15.9 Å². The van der Waals surface area contributed by atoms with Gasteiger partial charge in [0.25, 0.3) is 5.91 Å². The monoisotopic (exact) mass is 372 g/mol. The molecule has 1 heterocycles. The van der Waals surface area contributed by atoms with Crippen LogP contribution in [0.4, 0.5) is 5.95 Å². The maximum atomic E-state index is 12.3. The SMILES string of the molecule is CCC(C)NS(=O)(=O)c1ccc(C(=O)Nc2nc3ccccc3[nH]2)cc1. The van der Waals surface area contributed by atoms with Gasteiger partial charge in [-0.25, -0.2) is 18.1 Å². The van der Waals surface area contributed by atoms with Crippen LogP contribution in [0.2, 0.25) is 0 Å². The third kappa shape index (κ3) is 3.92. The van der Waals surface area contributed by atoms with E-state index < -0.39 is 10.0 Å². The molecular weight excluding hydrogens is 352 g/mol. The van der Waals surface area contributed by atoms with Crippen LogP contribution in [0.15, 0.2) is 53.4 Å². The van der Waals surface area contributed by atoms with E-state index in [1.165, 1.54) is 24.3 Å². The van der Waals surface area contributed by atoms with E-state index in [1.807, 2.05) is 31.2 Å². The molecule has 0 radical (unpaired) electrons. The molecule has 3 N–H and O–H groups in total. The van der Waals surface area contributed by atoms with Gasteiger partial charge in [-0.3, -0.25) is 10.1 Å². The summed E-state index contributed by atoms with van der Waals surface area (Å²) in [6.45, 7) is 3.70. The van der Waals surface area contributed by atoms with Gasteiger partial charge >= 0.3 is 0 Å². The molecule has 1 amide bonds. The van der Waals surface area contributed by atoms with Crippen LogP contribution in [0, 0.1) is 0 Å². The third-order valence-electron chi connectivity index (χ3n) is 4.02. The number of hydrogen-bond donors (Lipinski definition) is 3. The largest absolute Gasteiger partial charge is 0.324 e. The summed E-state index contributed by atoms with van der Waals surface area (Å²) in [6.07, 6.45) is 0.692. The second kappa shape index (κ2) is 7.27. The lowest BCUT2D eigenvalue weighted by molar-refractivity contribution is 0.102. The number of imidazole rings is 1. The Morgan fingerprint density at radius 3 is 2.50 bits per heavy atom. The summed E-state index contributed by atoms with van der Waals surface area (Å²) in [6, 6.07) is 13.1. The van der Waals surface area contributed by atoms with E-state index in [0.717, 1.165) is 11.0 Å². The topological polar surface area (TPSA) is 104 Å². The van der Waals surface area contributed by atoms with Crippen molar-refractivity contribution in [2.75, 3.05) is 5.32 Å². The molecule has 1 aromatic heterocycles. The van der Waals surface area contributed by atoms with Crippen molar-refractivity contribution >= 4 is 32.9 Å². The highest BCUT2D eigenvalue weighted by Crippen LogP contribution is 2.15. The Kier molecular flexibility index (Phi) is 5.06. The third-order valence-corrected chi connectivity index (χ3v) is 5.62. The predicted molar refractivity (Wildman–Crippen MR) is 101 cm³/mol. The van der Waals surface area contributed by atoms with Crippen LogP contribution >= 0.6 is 0 Å². The summed E-state index contributed by atoms with van der Waals surface area (Å²) < 4.78 is 27.1. The highest BCUT2D eigenvalue weighted by atomic mass is 32.2. The molecule has 136 valence electrons. The quantitative estimate of drug-likeness (QED) is 0.619. The molecule has 3 rings (SSSR count). The zero-order chi connectivity index (χ0) is 18.7. The molecule has 0 aliphatic carbocycles. The molecule has 0 spiro atoms. The van der Waals surface area contributed by atoms with Gasteiger partial charge in [-0.2, -0.15) is 0 Å². The predicted octanol–water partition coefficient (Wildman–Crippen LogP) is 2.89. The van der Waals surface area contributed by atoms with E-state index in [4.69, 9.17) is 0 Å². The zero-order valence-electron chi connectivity index (χ0n) is 14.5. The van der Waals surface area contributed by atoms with Crippen molar-refractivity contribution in [1.29, 1.82) is 0 Å². The summed E-state index contributed by atoms with van der Waals surface area (Å²) in [5.74, 6) is -0.0331. The first-order valence-corrected chi connectivity index (χ1v) is 9.76. The average molecular weight is 372 g/mol. The highest BCUT2D eigenvalue weighted by Gasteiger charge is 2.17. The fraction of sp³-hybridized carbons (Fsp3) is 0.222. The Labute approximate surface area is 151 Å². The summed E-state index contributed by atoms with van der Waals surface area (Å²) in [7, 11) is -3.59. The van der Waals surface area contributed by atoms with E-state index in [2.05, 4.69) is 20.0 Å². The zero-order valence-corrected chi connectivity index (χ0v) is 15.3. The fourth-order valence-corrected chi connectivity index (χ4v) is 3.72. The van der Waals surface area contributed by atoms with Crippen molar-refractivity contribution < 1.29 is 13.2 Å². The van der Waals surface area contributed by atoms with Gasteiger partial charge < -0.3 is 4.98 Å². The number of rotatable bonds is 6. The van der Waals surface area contributed by atoms with Crippen LogP contribution in [-0.2, 0) is 10.0 Å². The van der Waals surface area contributed by atoms with Crippen LogP contribution in [-0.4, -0.2) is 30.3 Å². The molecule has 0 bridgehead atoms. The number of nitrogens with zero attached hydrogens (tertiary/aromatic N) is 1. The lowest BCUT2D eigenvalue weighted by Gasteiger charge is -2.12. The van der Waals surface area contributed by atoms with Crippen LogP contribution in [0.1, 0.15) is 30.6 Å². The molecule has 26 heavy (non-hydrogen) atoms. The van der Waals surface area contributed by atoms with Crippen molar-refractivity contribution in [3.63, 3.8) is 0 Å². The number of hydrogen-bond acceptors (Lipinski definition) is 4. The van der Waals surface area contributed by atoms with Crippen LogP contribution in [0.25, 0.3) is 11.0 Å². The van der Waals surface area contributed by atoms with E-state index in [1.54, 1.807) is 6.92 Å². The van der Waals surface area contributed by atoms with Gasteiger partial charge in [0.1, 0.15) is 0 Å². The number of para-hydroxylation sites is 2. The molecule has 3 aromatic rings. The van der Waals surface area contributed by atoms with E-state index in [-0.39, 0.29) is 16.8 Å². The molecule has 0 saturated carbocycles. The number of H-pyrrole nitrogens is 1. The number of anilines is 1. The molecule has 2 aromatic carbocycles. The van der Waals surface area contributed by atoms with Gasteiger partial charge in [0.15, 0.2) is 0 Å². The molecular formula is C18H20N4O3S. The van der Waals surface area contributed by atoms with Crippen LogP contribution < -0.4 is 10.0 Å². The second-order valence-corrected chi connectivity index (χ2v) is 7.73. The number of amides is 1. The smallest absolute Gasteiger partial charge is 0.257 e. The Bertz CT molecular complexity index is 993. The van der Waals surface area contributed by atoms with Gasteiger partial charge in [-0.05, 0) is 49.7 Å². The Morgan fingerprint density at radius 2 is 1.85 bits per heavy atom. The van der Waals surface area contributed by atoms with E-state index >= 15 is 0 Å². The molecule has 0 saturated heterocycles. The Hall–Kier alpha value is -2.71. The maximum Gasteiger partial charge on any atom is 0.257 e. The first-order chi connectivity index (χ1) is 12.4. The van der Waals surface area contributed by atoms with Gasteiger partial charge in [-0.1, -0.05) is 19.1 Å². The molecule has 0 aliphatic rings. The lowest BCUT2D eigenvalue weighted by Crippen LogP contribution is -2.32. The summed E-state index contributed by atoms with van der Waals surface area (Å²) in [4.78, 5) is 19.8. The number of fused-ring (bicyclic) bond motifs is 1. The summed E-state index contributed by atoms with van der Waals surface area (Å²) in [5, 5.41) is 2.68. The highest BCUT2D eigenvalue weighted by molar-refractivity contribution is 7.89. The molecule has 0 aliphatic heterocycles. The Balaban J connectivity index is 1.74. The molecule has 8 heteroatoms. The number of carbonyl (C=O) groups excluding carboxylic acids is 1. The molecule has 1 atom stereocenters. The van der Waals surface area contributed by atoms with Gasteiger partial charge in [-0.15, -0.1) is 0 Å². The second-order valence-electron chi connectivity index (χ2n) is 6.01. The first-order valence-electron chi connectivity index (χ1n) is 8.27. The number of nitrogens with one attached hydrogen (secondary N) is 3. The van der Waals surface area contributed by atoms with Gasteiger partial charge in [0, 0.05) is 11.6 Å². The number of aromatic nitrogens is 2. The maximum absolute atomic E-state index is 12.3. The van der Waals surface area contributed by atoms with Crippen LogP contribution in [0.3, 0.4) is 0 Å². The van der Waals surface area contributed by atoms with Crippen LogP contribution in [0.5, 0.6) is 0 Å². The summed E-state index contributed by atoms with van der Waals surface area (Å²) in [5.41, 5.74) is 1.91. The Morgan fingerprint density at radius 1 is 1.15 bits per heavy atom. The molecule has 7 nitrogen and oxygen atoms in total. The minimum absolute atomic E-state index is 0.123. The van der Waals surface area contributed by atoms with Crippen molar-refractivity contribution in [2.24, 2.45) is 0 Å². The molecule has 1 unspecified atom stereocenters. The minimum Gasteiger partial charge on any atom is -0.324 e. The normalized spacial score (nSPS) is 12.8. The number of sulfonamides is 1. The number of aromatic amines is 1. The van der Waals surface area contributed by atoms with Gasteiger partial charge in [0.2, 0.25) is 16.0 Å². The number of carbonyl (C=O) groups is 1. The van der Waals surface area contributed by atoms with Crippen molar-refractivity contribution in [1.82, 2.24) is 14.7 Å². The molecule has 0 fully saturated rings. The first kappa shape index (κ1) is 18.1. The van der Waals surface area contributed by atoms with E-state index in [0.29, 0.717) is 17.9 Å². The fourth-order valence-electron chi connectivity index (χ4n) is 2.39. The minimum atomic E-state index is -3.59. The lowest BCUT2D eigenvalue weighted by atomic mass is 10.2. The van der Waals surface area contributed by atoms with Crippen molar-refractivity contribution in [3.8, 4) is 0 Å². The van der Waals surface area contributed by atoms with E-state index in [9.17, 15) is 13.2 Å². The summed E-state index contributed by atoms with van der Waals surface area (Å²) >= 11 is 0. The standard InChI is InChI=1S/C18H20N4O3S/c1-3-12(2)22-26(24,25)14-10-8-13(9-11-14)17(23)21-18-19-15-6-4-5-7-16(15)20-18/h4-12,22H,3H2,1-2H3,(H2,19,20,21,23). The average Bonchev–Trinajstić information content (AvgIpc) is 3.03. The number of benzene rings is 2.